The minimum absolute atomic E-state index is 0.143. The van der Waals surface area contributed by atoms with E-state index in [4.69, 9.17) is 10.5 Å². The Morgan fingerprint density at radius 3 is 2.84 bits per heavy atom. The van der Waals surface area contributed by atoms with E-state index < -0.39 is 0 Å². The van der Waals surface area contributed by atoms with Crippen LogP contribution in [0.5, 0.6) is 0 Å². The largest absolute Gasteiger partial charge is 0.399 e. The van der Waals surface area contributed by atoms with E-state index in [1.54, 1.807) is 19.2 Å². The van der Waals surface area contributed by atoms with E-state index in [9.17, 15) is 4.79 Å². The topological polar surface area (TPSA) is 76.4 Å². The summed E-state index contributed by atoms with van der Waals surface area (Å²) in [4.78, 5) is 12.1. The van der Waals surface area contributed by atoms with Gasteiger partial charge < -0.3 is 21.1 Å². The zero-order valence-corrected chi connectivity index (χ0v) is 11.8. The standard InChI is InChI=1S/C14H23N3O2/c1-4-10(2)17-13-6-5-11(15)9-12(13)14(18)16-7-8-19-3/h5-6,9-10,17H,4,7-8,15H2,1-3H3,(H,16,18)/t10-/m0/s1. The van der Waals surface area contributed by atoms with Crippen LogP contribution in [-0.2, 0) is 4.74 Å². The molecule has 1 aromatic carbocycles. The number of methoxy groups -OCH3 is 1. The third-order valence-corrected chi connectivity index (χ3v) is 2.89. The quantitative estimate of drug-likeness (QED) is 0.519. The number of amides is 1. The van der Waals surface area contributed by atoms with Crippen molar-refractivity contribution in [3.63, 3.8) is 0 Å². The van der Waals surface area contributed by atoms with Crippen molar-refractivity contribution < 1.29 is 9.53 Å². The van der Waals surface area contributed by atoms with Crippen LogP contribution in [0.1, 0.15) is 30.6 Å². The Labute approximate surface area is 114 Å². The Kier molecular flexibility index (Phi) is 6.15. The lowest BCUT2D eigenvalue weighted by molar-refractivity contribution is 0.0938. The monoisotopic (exact) mass is 265 g/mol. The summed E-state index contributed by atoms with van der Waals surface area (Å²) >= 11 is 0. The number of benzene rings is 1. The molecule has 0 radical (unpaired) electrons. The number of anilines is 2. The summed E-state index contributed by atoms with van der Waals surface area (Å²) in [5, 5.41) is 6.11. The minimum atomic E-state index is -0.143. The van der Waals surface area contributed by atoms with Crippen LogP contribution in [0.15, 0.2) is 18.2 Å². The number of hydrogen-bond donors (Lipinski definition) is 3. The van der Waals surface area contributed by atoms with Gasteiger partial charge in [-0.15, -0.1) is 0 Å². The Morgan fingerprint density at radius 1 is 1.47 bits per heavy atom. The normalized spacial score (nSPS) is 11.9. The van der Waals surface area contributed by atoms with Gasteiger partial charge in [0.15, 0.2) is 0 Å². The predicted molar refractivity (Wildman–Crippen MR) is 78.4 cm³/mol. The van der Waals surface area contributed by atoms with Crippen LogP contribution in [0.2, 0.25) is 0 Å². The van der Waals surface area contributed by atoms with Gasteiger partial charge in [-0.25, -0.2) is 0 Å². The van der Waals surface area contributed by atoms with Crippen LogP contribution in [0.4, 0.5) is 11.4 Å². The number of rotatable bonds is 7. The first kappa shape index (κ1) is 15.3. The zero-order valence-electron chi connectivity index (χ0n) is 11.8. The lowest BCUT2D eigenvalue weighted by atomic mass is 10.1. The average molecular weight is 265 g/mol. The van der Waals surface area contributed by atoms with Gasteiger partial charge in [-0.05, 0) is 31.5 Å². The highest BCUT2D eigenvalue weighted by atomic mass is 16.5. The maximum Gasteiger partial charge on any atom is 0.253 e. The van der Waals surface area contributed by atoms with Crippen molar-refractivity contribution in [2.45, 2.75) is 26.3 Å². The van der Waals surface area contributed by atoms with Crippen molar-refractivity contribution in [2.75, 3.05) is 31.3 Å². The number of nitrogens with two attached hydrogens (primary N) is 1. The molecule has 1 amide bonds. The van der Waals surface area contributed by atoms with Gasteiger partial charge in [0.25, 0.3) is 5.91 Å². The molecule has 0 saturated carbocycles. The maximum absolute atomic E-state index is 12.1. The van der Waals surface area contributed by atoms with Gasteiger partial charge in [-0.1, -0.05) is 6.92 Å². The Morgan fingerprint density at radius 2 is 2.21 bits per heavy atom. The number of ether oxygens (including phenoxy) is 1. The molecule has 4 N–H and O–H groups in total. The highest BCUT2D eigenvalue weighted by molar-refractivity contribution is 6.00. The fourth-order valence-corrected chi connectivity index (χ4v) is 1.60. The van der Waals surface area contributed by atoms with E-state index in [-0.39, 0.29) is 5.91 Å². The summed E-state index contributed by atoms with van der Waals surface area (Å²) in [7, 11) is 1.60. The van der Waals surface area contributed by atoms with E-state index in [0.717, 1.165) is 12.1 Å². The molecule has 0 aliphatic carbocycles. The van der Waals surface area contributed by atoms with Crippen LogP contribution in [0, 0.1) is 0 Å². The Balaban J connectivity index is 2.84. The third kappa shape index (κ3) is 4.79. The van der Waals surface area contributed by atoms with Gasteiger partial charge in [0.05, 0.1) is 12.2 Å². The highest BCUT2D eigenvalue weighted by Gasteiger charge is 2.12. The van der Waals surface area contributed by atoms with Crippen molar-refractivity contribution in [3.05, 3.63) is 23.8 Å². The highest BCUT2D eigenvalue weighted by Crippen LogP contribution is 2.20. The van der Waals surface area contributed by atoms with E-state index in [2.05, 4.69) is 24.5 Å². The molecule has 0 unspecified atom stereocenters. The van der Waals surface area contributed by atoms with Crippen LogP contribution in [-0.4, -0.2) is 32.2 Å². The molecule has 0 fully saturated rings. The van der Waals surface area contributed by atoms with Crippen LogP contribution in [0.3, 0.4) is 0 Å². The van der Waals surface area contributed by atoms with E-state index in [0.29, 0.717) is 30.4 Å². The van der Waals surface area contributed by atoms with Crippen LogP contribution in [0.25, 0.3) is 0 Å². The van der Waals surface area contributed by atoms with E-state index >= 15 is 0 Å². The van der Waals surface area contributed by atoms with E-state index in [1.165, 1.54) is 0 Å². The fraction of sp³-hybridized carbons (Fsp3) is 0.500. The fourth-order valence-electron chi connectivity index (χ4n) is 1.60. The van der Waals surface area contributed by atoms with Gasteiger partial charge >= 0.3 is 0 Å². The van der Waals surface area contributed by atoms with Crippen molar-refractivity contribution in [1.29, 1.82) is 0 Å². The molecule has 0 aliphatic rings. The second kappa shape index (κ2) is 7.63. The zero-order chi connectivity index (χ0) is 14.3. The number of carbonyl (C=O) groups is 1. The second-order valence-electron chi connectivity index (χ2n) is 4.51. The van der Waals surface area contributed by atoms with Crippen molar-refractivity contribution in [2.24, 2.45) is 0 Å². The third-order valence-electron chi connectivity index (χ3n) is 2.89. The second-order valence-corrected chi connectivity index (χ2v) is 4.51. The van der Waals surface area contributed by atoms with Crippen molar-refractivity contribution in [1.82, 2.24) is 5.32 Å². The summed E-state index contributed by atoms with van der Waals surface area (Å²) in [6.45, 7) is 5.13. The van der Waals surface area contributed by atoms with Gasteiger partial charge in [-0.2, -0.15) is 0 Å². The van der Waals surface area contributed by atoms with Crippen LogP contribution < -0.4 is 16.4 Å². The summed E-state index contributed by atoms with van der Waals surface area (Å²) in [5.41, 5.74) is 7.70. The first-order valence-electron chi connectivity index (χ1n) is 6.51. The van der Waals surface area contributed by atoms with Gasteiger partial charge in [0.1, 0.15) is 0 Å². The maximum atomic E-state index is 12.1. The molecule has 0 spiro atoms. The molecule has 0 bridgehead atoms. The van der Waals surface area contributed by atoms with Gasteiger partial charge in [-0.3, -0.25) is 4.79 Å². The van der Waals surface area contributed by atoms with E-state index in [1.807, 2.05) is 6.07 Å². The molecule has 1 rings (SSSR count). The molecule has 0 heterocycles. The van der Waals surface area contributed by atoms with Gasteiger partial charge in [0.2, 0.25) is 0 Å². The van der Waals surface area contributed by atoms with Crippen LogP contribution >= 0.6 is 0 Å². The minimum Gasteiger partial charge on any atom is -0.399 e. The first-order chi connectivity index (χ1) is 9.08. The summed E-state index contributed by atoms with van der Waals surface area (Å²) in [6, 6.07) is 5.62. The number of hydrogen-bond acceptors (Lipinski definition) is 4. The Hall–Kier alpha value is -1.75. The van der Waals surface area contributed by atoms with Gasteiger partial charge in [0, 0.05) is 31.1 Å². The predicted octanol–water partition coefficient (Wildman–Crippen LogP) is 1.86. The molecule has 1 aromatic rings. The molecule has 0 aliphatic heterocycles. The average Bonchev–Trinajstić information content (AvgIpc) is 2.40. The summed E-state index contributed by atoms with van der Waals surface area (Å²) in [6.07, 6.45) is 0.981. The SMILES string of the molecule is CC[C@H](C)Nc1ccc(N)cc1C(=O)NCCOC. The summed E-state index contributed by atoms with van der Waals surface area (Å²) in [5.74, 6) is -0.143. The molecular formula is C14H23N3O2. The van der Waals surface area contributed by atoms with Crippen molar-refractivity contribution in [3.8, 4) is 0 Å². The molecule has 1 atom stereocenters. The number of carbonyl (C=O) groups excluding carboxylic acids is 1. The number of nitrogen functional groups attached to an aromatic ring is 1. The molecule has 5 nitrogen and oxygen atoms in total. The smallest absolute Gasteiger partial charge is 0.253 e. The summed E-state index contributed by atoms with van der Waals surface area (Å²) < 4.78 is 4.91. The molecule has 0 aromatic heterocycles. The Bertz CT molecular complexity index is 421. The number of nitrogens with one attached hydrogen (secondary N) is 2. The molecule has 0 saturated heterocycles. The first-order valence-corrected chi connectivity index (χ1v) is 6.51. The molecule has 106 valence electrons. The molecule has 5 heteroatoms. The van der Waals surface area contributed by atoms with Crippen molar-refractivity contribution >= 4 is 17.3 Å². The molecular weight excluding hydrogens is 242 g/mol. The molecule has 19 heavy (non-hydrogen) atoms. The lowest BCUT2D eigenvalue weighted by Crippen LogP contribution is -2.28. The lowest BCUT2D eigenvalue weighted by Gasteiger charge is -2.17.